The second-order valence-corrected chi connectivity index (χ2v) is 7.24. The Kier molecular flexibility index (Phi) is 5.50. The summed E-state index contributed by atoms with van der Waals surface area (Å²) in [4.78, 5) is 2.59. The lowest BCUT2D eigenvalue weighted by Gasteiger charge is -2.42. The van der Waals surface area contributed by atoms with Gasteiger partial charge in [0.25, 0.3) is 0 Å². The molecule has 0 bridgehead atoms. The van der Waals surface area contributed by atoms with Gasteiger partial charge in [0.1, 0.15) is 0 Å². The van der Waals surface area contributed by atoms with Crippen LogP contribution in [0.1, 0.15) is 39.2 Å². The zero-order valence-electron chi connectivity index (χ0n) is 13.1. The summed E-state index contributed by atoms with van der Waals surface area (Å²) < 4.78 is 1.21. The molecule has 1 fully saturated rings. The van der Waals surface area contributed by atoms with E-state index < -0.39 is 0 Å². The number of rotatable bonds is 4. The van der Waals surface area contributed by atoms with Crippen molar-refractivity contribution in [3.63, 3.8) is 0 Å². The van der Waals surface area contributed by atoms with Crippen molar-refractivity contribution in [2.24, 2.45) is 5.92 Å². The van der Waals surface area contributed by atoms with Gasteiger partial charge in [-0.15, -0.1) is 0 Å². The highest BCUT2D eigenvalue weighted by atomic mass is 79.9. The van der Waals surface area contributed by atoms with Gasteiger partial charge in [0.15, 0.2) is 0 Å². The average Bonchev–Trinajstić information content (AvgIpc) is 2.41. The van der Waals surface area contributed by atoms with Crippen molar-refractivity contribution in [1.82, 2.24) is 5.32 Å². The van der Waals surface area contributed by atoms with Crippen molar-refractivity contribution in [1.29, 1.82) is 0 Å². The molecule has 0 aromatic heterocycles. The van der Waals surface area contributed by atoms with E-state index in [2.05, 4.69) is 72.0 Å². The molecule has 2 unspecified atom stereocenters. The number of halogens is 1. The molecule has 1 aliphatic heterocycles. The number of anilines is 1. The quantitative estimate of drug-likeness (QED) is 0.877. The Morgan fingerprint density at radius 3 is 2.75 bits per heavy atom. The Balaban J connectivity index is 2.17. The summed E-state index contributed by atoms with van der Waals surface area (Å²) in [5.41, 5.74) is 2.65. The van der Waals surface area contributed by atoms with Crippen molar-refractivity contribution in [2.75, 3.05) is 18.0 Å². The zero-order valence-corrected chi connectivity index (χ0v) is 14.7. The van der Waals surface area contributed by atoms with Gasteiger partial charge in [-0.05, 0) is 43.4 Å². The van der Waals surface area contributed by atoms with E-state index >= 15 is 0 Å². The summed E-state index contributed by atoms with van der Waals surface area (Å²) in [7, 11) is 0. The van der Waals surface area contributed by atoms with Gasteiger partial charge in [0.2, 0.25) is 0 Å². The van der Waals surface area contributed by atoms with Gasteiger partial charge in [0, 0.05) is 35.3 Å². The fraction of sp³-hybridized carbons (Fsp3) is 0.647. The molecule has 0 spiro atoms. The monoisotopic (exact) mass is 338 g/mol. The van der Waals surface area contributed by atoms with Crippen LogP contribution in [0.25, 0.3) is 0 Å². The maximum absolute atomic E-state index is 3.72. The molecule has 0 aliphatic carbocycles. The van der Waals surface area contributed by atoms with Gasteiger partial charge in [0.05, 0.1) is 0 Å². The van der Waals surface area contributed by atoms with Gasteiger partial charge in [-0.2, -0.15) is 0 Å². The molecule has 0 radical (unpaired) electrons. The van der Waals surface area contributed by atoms with Crippen LogP contribution in [0.2, 0.25) is 0 Å². The van der Waals surface area contributed by atoms with Crippen LogP contribution in [0.4, 0.5) is 5.69 Å². The lowest BCUT2D eigenvalue weighted by molar-refractivity contribution is 0.343. The molecule has 1 aromatic rings. The number of hydrogen-bond acceptors (Lipinski definition) is 2. The van der Waals surface area contributed by atoms with Crippen LogP contribution in [-0.4, -0.2) is 25.2 Å². The fourth-order valence-corrected chi connectivity index (χ4v) is 3.40. The van der Waals surface area contributed by atoms with Gasteiger partial charge in [-0.25, -0.2) is 0 Å². The molecule has 0 saturated carbocycles. The minimum absolute atomic E-state index is 0.605. The Hall–Kier alpha value is -0.540. The van der Waals surface area contributed by atoms with E-state index in [-0.39, 0.29) is 0 Å². The second-order valence-electron chi connectivity index (χ2n) is 6.38. The molecule has 1 N–H and O–H groups in total. The van der Waals surface area contributed by atoms with Crippen molar-refractivity contribution in [3.05, 3.63) is 28.2 Å². The number of benzene rings is 1. The molecular weight excluding hydrogens is 312 g/mol. The zero-order chi connectivity index (χ0) is 14.7. The Bertz CT molecular complexity index is 445. The topological polar surface area (TPSA) is 15.3 Å². The van der Waals surface area contributed by atoms with Crippen molar-refractivity contribution >= 4 is 21.6 Å². The number of hydrogen-bond donors (Lipinski definition) is 1. The lowest BCUT2D eigenvalue weighted by atomic mass is 9.98. The van der Waals surface area contributed by atoms with E-state index in [9.17, 15) is 0 Å². The molecule has 2 atom stereocenters. The van der Waals surface area contributed by atoms with Crippen molar-refractivity contribution < 1.29 is 0 Å². The maximum atomic E-state index is 3.72. The number of aryl methyl sites for hydroxylation is 1. The first kappa shape index (κ1) is 15.8. The number of nitrogens with zero attached hydrogens (tertiary/aromatic N) is 1. The molecule has 1 saturated heterocycles. The van der Waals surface area contributed by atoms with E-state index in [1.54, 1.807) is 0 Å². The first-order valence-corrected chi connectivity index (χ1v) is 8.56. The van der Waals surface area contributed by atoms with Crippen LogP contribution in [0, 0.1) is 12.8 Å². The van der Waals surface area contributed by atoms with Crippen LogP contribution in [0.3, 0.4) is 0 Å². The molecule has 20 heavy (non-hydrogen) atoms. The van der Waals surface area contributed by atoms with Gasteiger partial charge in [-0.3, -0.25) is 0 Å². The summed E-state index contributed by atoms with van der Waals surface area (Å²) in [6, 6.07) is 7.97. The molecule has 1 heterocycles. The number of piperazine rings is 1. The third-order valence-corrected chi connectivity index (χ3v) is 5.07. The van der Waals surface area contributed by atoms with E-state index in [1.165, 1.54) is 28.6 Å². The normalized spacial score (nSPS) is 23.4. The lowest BCUT2D eigenvalue weighted by Crippen LogP contribution is -2.56. The van der Waals surface area contributed by atoms with Crippen LogP contribution in [0.5, 0.6) is 0 Å². The summed E-state index contributed by atoms with van der Waals surface area (Å²) >= 11 is 3.67. The standard InChI is InChI=1S/C17H27BrN2/c1-5-15-10-19-14(8-12(2)3)11-20(15)16-7-6-13(4)17(18)9-16/h6-7,9,12,14-15,19H,5,8,10-11H2,1-4H3. The highest BCUT2D eigenvalue weighted by Crippen LogP contribution is 2.27. The highest BCUT2D eigenvalue weighted by molar-refractivity contribution is 9.10. The third kappa shape index (κ3) is 3.76. The number of nitrogens with one attached hydrogen (secondary N) is 1. The largest absolute Gasteiger partial charge is 0.366 e. The van der Waals surface area contributed by atoms with E-state index in [0.29, 0.717) is 12.1 Å². The van der Waals surface area contributed by atoms with Gasteiger partial charge < -0.3 is 10.2 Å². The first-order valence-electron chi connectivity index (χ1n) is 7.77. The van der Waals surface area contributed by atoms with Gasteiger partial charge in [-0.1, -0.05) is 42.8 Å². The van der Waals surface area contributed by atoms with Crippen LogP contribution >= 0.6 is 15.9 Å². The Labute approximate surface area is 132 Å². The molecular formula is C17H27BrN2. The summed E-state index contributed by atoms with van der Waals surface area (Å²) in [5, 5.41) is 3.72. The molecule has 2 rings (SSSR count). The first-order chi connectivity index (χ1) is 9.51. The van der Waals surface area contributed by atoms with E-state index in [4.69, 9.17) is 0 Å². The predicted octanol–water partition coefficient (Wildman–Crippen LogP) is 4.36. The SMILES string of the molecule is CCC1CNC(CC(C)C)CN1c1ccc(C)c(Br)c1. The smallest absolute Gasteiger partial charge is 0.0412 e. The van der Waals surface area contributed by atoms with Crippen LogP contribution < -0.4 is 10.2 Å². The van der Waals surface area contributed by atoms with Gasteiger partial charge >= 0.3 is 0 Å². The predicted molar refractivity (Wildman–Crippen MR) is 91.5 cm³/mol. The summed E-state index contributed by atoms with van der Waals surface area (Å²) in [5.74, 6) is 0.747. The maximum Gasteiger partial charge on any atom is 0.0412 e. The minimum Gasteiger partial charge on any atom is -0.366 e. The second kappa shape index (κ2) is 6.95. The van der Waals surface area contributed by atoms with E-state index in [0.717, 1.165) is 19.0 Å². The summed E-state index contributed by atoms with van der Waals surface area (Å²) in [6.45, 7) is 11.3. The molecule has 1 aliphatic rings. The van der Waals surface area contributed by atoms with E-state index in [1.807, 2.05) is 0 Å². The molecule has 0 amide bonds. The fourth-order valence-electron chi connectivity index (χ4n) is 3.03. The highest BCUT2D eigenvalue weighted by Gasteiger charge is 2.27. The minimum atomic E-state index is 0.605. The van der Waals surface area contributed by atoms with Crippen LogP contribution in [-0.2, 0) is 0 Å². The molecule has 3 heteroatoms. The molecule has 112 valence electrons. The van der Waals surface area contributed by atoms with Crippen LogP contribution in [0.15, 0.2) is 22.7 Å². The Morgan fingerprint density at radius 2 is 2.15 bits per heavy atom. The molecule has 2 nitrogen and oxygen atoms in total. The Morgan fingerprint density at radius 1 is 1.40 bits per heavy atom. The third-order valence-electron chi connectivity index (χ3n) is 4.21. The van der Waals surface area contributed by atoms with Crippen molar-refractivity contribution in [2.45, 2.75) is 52.6 Å². The average molecular weight is 339 g/mol. The van der Waals surface area contributed by atoms with Crippen molar-refractivity contribution in [3.8, 4) is 0 Å². The summed E-state index contributed by atoms with van der Waals surface area (Å²) in [6.07, 6.45) is 2.44. The molecule has 1 aromatic carbocycles.